The second kappa shape index (κ2) is 6.95. The van der Waals surface area contributed by atoms with Crippen LogP contribution in [0.15, 0.2) is 81.0 Å². The molecule has 0 aliphatic rings. The van der Waals surface area contributed by atoms with Gasteiger partial charge in [-0.3, -0.25) is 9.59 Å². The molecule has 0 fully saturated rings. The number of thiophene rings is 2. The third-order valence-corrected chi connectivity index (χ3v) is 9.14. The lowest BCUT2D eigenvalue weighted by molar-refractivity contribution is 1.54. The third kappa shape index (κ3) is 2.61. The number of rotatable bonds is 2. The van der Waals surface area contributed by atoms with E-state index in [0.29, 0.717) is 10.8 Å². The Hall–Kier alpha value is -3.60. The molecule has 34 heavy (non-hydrogen) atoms. The Bertz CT molecular complexity index is 1880. The molecule has 0 N–H and O–H groups in total. The van der Waals surface area contributed by atoms with Crippen LogP contribution in [0.4, 0.5) is 0 Å². The average molecular weight is 475 g/mol. The summed E-state index contributed by atoms with van der Waals surface area (Å²) in [6, 6.07) is 20.3. The van der Waals surface area contributed by atoms with Gasteiger partial charge in [0.05, 0.1) is 0 Å². The highest BCUT2D eigenvalue weighted by molar-refractivity contribution is 7.14. The minimum Gasteiger partial charge on any atom is -0.289 e. The van der Waals surface area contributed by atoms with E-state index in [-0.39, 0.29) is 10.9 Å². The maximum Gasteiger partial charge on any atom is 0.194 e. The summed E-state index contributed by atoms with van der Waals surface area (Å²) >= 11 is 3.38. The van der Waals surface area contributed by atoms with Gasteiger partial charge in [-0.1, -0.05) is 24.3 Å². The molecule has 4 heteroatoms. The Balaban J connectivity index is 1.51. The fourth-order valence-electron chi connectivity index (χ4n) is 5.26. The van der Waals surface area contributed by atoms with Gasteiger partial charge in [-0.15, -0.1) is 22.7 Å². The van der Waals surface area contributed by atoms with Crippen LogP contribution >= 0.6 is 22.7 Å². The van der Waals surface area contributed by atoms with Crippen LogP contribution in [0.3, 0.4) is 0 Å². The van der Waals surface area contributed by atoms with Crippen molar-refractivity contribution < 1.29 is 0 Å². The molecule has 0 unspecified atom stereocenters. The zero-order chi connectivity index (χ0) is 23.1. The number of fused-ring (bicyclic) bond motifs is 6. The largest absolute Gasteiger partial charge is 0.289 e. The summed E-state index contributed by atoms with van der Waals surface area (Å²) in [5, 5.41) is 10.5. The second-order valence-electron chi connectivity index (χ2n) is 8.99. The summed E-state index contributed by atoms with van der Waals surface area (Å²) in [5.74, 6) is 0. The molecule has 162 valence electrons. The van der Waals surface area contributed by atoms with Crippen LogP contribution in [0.25, 0.3) is 64.0 Å². The molecule has 2 nitrogen and oxygen atoms in total. The van der Waals surface area contributed by atoms with Crippen molar-refractivity contribution in [3.05, 3.63) is 103 Å². The summed E-state index contributed by atoms with van der Waals surface area (Å²) < 4.78 is 0. The molecule has 0 saturated heterocycles. The first-order valence-corrected chi connectivity index (χ1v) is 12.9. The Morgan fingerprint density at radius 1 is 0.471 bits per heavy atom. The fraction of sp³-hybridized carbons (Fsp3) is 0.0667. The van der Waals surface area contributed by atoms with Gasteiger partial charge in [0.25, 0.3) is 0 Å². The number of aryl methyl sites for hydroxylation is 2. The van der Waals surface area contributed by atoms with Crippen LogP contribution < -0.4 is 10.9 Å². The summed E-state index contributed by atoms with van der Waals surface area (Å²) in [7, 11) is 0. The summed E-state index contributed by atoms with van der Waals surface area (Å²) in [6.45, 7) is 4.18. The summed E-state index contributed by atoms with van der Waals surface area (Å²) in [5.41, 5.74) is 4.64. The van der Waals surface area contributed by atoms with Crippen LogP contribution in [-0.2, 0) is 0 Å². The van der Waals surface area contributed by atoms with Crippen LogP contribution in [0.1, 0.15) is 11.1 Å². The summed E-state index contributed by atoms with van der Waals surface area (Å²) in [6.07, 6.45) is 0. The minimum absolute atomic E-state index is 0.0376. The van der Waals surface area contributed by atoms with Crippen molar-refractivity contribution in [2.75, 3.05) is 0 Å². The highest BCUT2D eigenvalue weighted by Gasteiger charge is 2.18. The van der Waals surface area contributed by atoms with E-state index >= 15 is 0 Å². The lowest BCUT2D eigenvalue weighted by Gasteiger charge is -2.01. The lowest BCUT2D eigenvalue weighted by Crippen LogP contribution is -1.95. The minimum atomic E-state index is 0.0376. The first kappa shape index (κ1) is 19.8. The van der Waals surface area contributed by atoms with E-state index < -0.39 is 0 Å². The predicted molar refractivity (Wildman–Crippen MR) is 147 cm³/mol. The van der Waals surface area contributed by atoms with Gasteiger partial charge in [-0.25, -0.2) is 0 Å². The SMILES string of the molecule is Cc1ccsc1-c1ccc2c(c1)c(=O)c1cc3c(cc12)c(=O)c1cc(-c2sccc2C)ccc13. The van der Waals surface area contributed by atoms with Gasteiger partial charge in [0.2, 0.25) is 0 Å². The molecule has 2 heterocycles. The summed E-state index contributed by atoms with van der Waals surface area (Å²) in [4.78, 5) is 29.3. The smallest absolute Gasteiger partial charge is 0.194 e. The quantitative estimate of drug-likeness (QED) is 0.255. The van der Waals surface area contributed by atoms with Crippen molar-refractivity contribution in [3.8, 4) is 20.9 Å². The normalized spacial score (nSPS) is 12.1. The molecule has 0 spiro atoms. The van der Waals surface area contributed by atoms with Crippen molar-refractivity contribution in [2.45, 2.75) is 13.8 Å². The van der Waals surface area contributed by atoms with E-state index in [1.807, 2.05) is 36.4 Å². The number of hydrogen-bond donors (Lipinski definition) is 0. The number of benzene rings is 3. The third-order valence-electron chi connectivity index (χ3n) is 7.00. The van der Waals surface area contributed by atoms with Crippen LogP contribution in [0, 0.1) is 13.8 Å². The zero-order valence-electron chi connectivity index (χ0n) is 18.6. The van der Waals surface area contributed by atoms with Crippen molar-refractivity contribution in [2.24, 2.45) is 0 Å². The van der Waals surface area contributed by atoms with Gasteiger partial charge in [-0.2, -0.15) is 0 Å². The topological polar surface area (TPSA) is 34.1 Å². The van der Waals surface area contributed by atoms with Gasteiger partial charge < -0.3 is 0 Å². The predicted octanol–water partition coefficient (Wildman–Crippen LogP) is 7.97. The maximum atomic E-state index is 13.5. The van der Waals surface area contributed by atoms with E-state index in [4.69, 9.17) is 0 Å². The van der Waals surface area contributed by atoms with Crippen LogP contribution in [0.5, 0.6) is 0 Å². The Labute approximate surface area is 203 Å². The Morgan fingerprint density at radius 3 is 1.26 bits per heavy atom. The first-order chi connectivity index (χ1) is 16.5. The molecule has 0 aliphatic heterocycles. The van der Waals surface area contributed by atoms with Gasteiger partial charge in [0, 0.05) is 31.3 Å². The molecule has 0 amide bonds. The van der Waals surface area contributed by atoms with Gasteiger partial charge >= 0.3 is 0 Å². The first-order valence-electron chi connectivity index (χ1n) is 11.2. The average Bonchev–Trinajstić information content (AvgIpc) is 3.60. The van der Waals surface area contributed by atoms with E-state index in [2.05, 4.69) is 48.9 Å². The molecule has 0 bridgehead atoms. The van der Waals surface area contributed by atoms with E-state index in [1.54, 1.807) is 22.7 Å². The molecular formula is C30H18O2S2. The van der Waals surface area contributed by atoms with E-state index in [0.717, 1.165) is 43.4 Å². The van der Waals surface area contributed by atoms with E-state index in [9.17, 15) is 9.59 Å². The van der Waals surface area contributed by atoms with Crippen molar-refractivity contribution >= 4 is 65.8 Å². The number of hydrogen-bond acceptors (Lipinski definition) is 4. The van der Waals surface area contributed by atoms with Crippen LogP contribution in [0.2, 0.25) is 0 Å². The van der Waals surface area contributed by atoms with Crippen molar-refractivity contribution in [3.63, 3.8) is 0 Å². The maximum absolute atomic E-state index is 13.5. The Kier molecular flexibility index (Phi) is 4.06. The lowest BCUT2D eigenvalue weighted by atomic mass is 10.0. The van der Waals surface area contributed by atoms with Crippen molar-refractivity contribution in [1.29, 1.82) is 0 Å². The van der Waals surface area contributed by atoms with Gasteiger partial charge in [0.1, 0.15) is 0 Å². The highest BCUT2D eigenvalue weighted by atomic mass is 32.1. The molecule has 7 aromatic rings. The van der Waals surface area contributed by atoms with E-state index in [1.165, 1.54) is 20.9 Å². The fourth-order valence-corrected chi connectivity index (χ4v) is 7.12. The van der Waals surface area contributed by atoms with Gasteiger partial charge in [-0.05, 0) is 105 Å². The van der Waals surface area contributed by atoms with Gasteiger partial charge in [0.15, 0.2) is 10.9 Å². The highest BCUT2D eigenvalue weighted by Crippen LogP contribution is 2.37. The monoisotopic (exact) mass is 474 g/mol. The Morgan fingerprint density at radius 2 is 0.882 bits per heavy atom. The molecule has 0 radical (unpaired) electrons. The molecule has 2 aromatic heterocycles. The molecule has 0 atom stereocenters. The molecule has 0 saturated carbocycles. The molecule has 0 aliphatic carbocycles. The zero-order valence-corrected chi connectivity index (χ0v) is 20.2. The molecule has 5 aromatic carbocycles. The standard InChI is InChI=1S/C30H18O2S2/c1-15-7-9-33-29(15)17-3-5-19-21-13-26-22(14-25(21)27(31)23(19)11-17)20-6-4-18(12-24(20)28(26)32)30-16(2)8-10-34-30/h3-14H,1-2H3. The van der Waals surface area contributed by atoms with Crippen LogP contribution in [-0.4, -0.2) is 0 Å². The van der Waals surface area contributed by atoms with Crippen molar-refractivity contribution in [1.82, 2.24) is 0 Å². The second-order valence-corrected chi connectivity index (χ2v) is 10.8. The molecular weight excluding hydrogens is 456 g/mol. The molecule has 7 rings (SSSR count).